The summed E-state index contributed by atoms with van der Waals surface area (Å²) in [5.74, 6) is -2.02. The largest absolute Gasteiger partial charge is 0.508 e. The van der Waals surface area contributed by atoms with Gasteiger partial charge in [0.05, 0.1) is 16.5 Å². The van der Waals surface area contributed by atoms with Gasteiger partial charge in [0, 0.05) is 24.2 Å². The van der Waals surface area contributed by atoms with E-state index in [1.54, 1.807) is 12.1 Å². The zero-order valence-electron chi connectivity index (χ0n) is 15.7. The van der Waals surface area contributed by atoms with Crippen LogP contribution in [0.5, 0.6) is 5.75 Å². The summed E-state index contributed by atoms with van der Waals surface area (Å²) in [6.45, 7) is 2.27. The molecule has 1 aliphatic rings. The quantitative estimate of drug-likeness (QED) is 0.253. The molecule has 0 saturated carbocycles. The van der Waals surface area contributed by atoms with Gasteiger partial charge in [-0.15, -0.1) is 0 Å². The zero-order chi connectivity index (χ0) is 21.1. The number of aliphatic hydroxyl groups is 1. The molecule has 2 N–H and O–H groups in total. The number of hydrogen-bond donors (Lipinski definition) is 2. The van der Waals surface area contributed by atoms with Gasteiger partial charge in [-0.05, 0) is 24.1 Å². The average molecular weight is 396 g/mol. The zero-order valence-corrected chi connectivity index (χ0v) is 15.7. The molecule has 0 aromatic heterocycles. The number of nitro benzene ring substituents is 1. The number of likely N-dealkylation sites (tertiary alicyclic amines) is 1. The number of carbonyl (C=O) groups is 2. The first-order valence-corrected chi connectivity index (χ1v) is 9.17. The van der Waals surface area contributed by atoms with Gasteiger partial charge >= 0.3 is 0 Å². The monoisotopic (exact) mass is 396 g/mol. The molecule has 2 aromatic carbocycles. The van der Waals surface area contributed by atoms with Crippen molar-refractivity contribution in [2.45, 2.75) is 25.8 Å². The molecule has 1 aliphatic heterocycles. The molecule has 1 amide bonds. The second kappa shape index (κ2) is 8.14. The normalized spacial score (nSPS) is 18.2. The van der Waals surface area contributed by atoms with Crippen LogP contribution in [0.3, 0.4) is 0 Å². The molecule has 2 aromatic rings. The van der Waals surface area contributed by atoms with Gasteiger partial charge in [0.2, 0.25) is 0 Å². The van der Waals surface area contributed by atoms with E-state index in [-0.39, 0.29) is 22.6 Å². The Kier molecular flexibility index (Phi) is 5.63. The first-order valence-electron chi connectivity index (χ1n) is 9.17. The topological polar surface area (TPSA) is 121 Å². The number of phenolic OH excluding ortho intramolecular Hbond substituents is 1. The summed E-state index contributed by atoms with van der Waals surface area (Å²) >= 11 is 0. The Morgan fingerprint density at radius 3 is 2.48 bits per heavy atom. The number of Topliss-reactive ketones (excluding diaryl/α,β-unsaturated/α-hetero) is 1. The number of rotatable bonds is 6. The summed E-state index contributed by atoms with van der Waals surface area (Å²) < 4.78 is 0. The van der Waals surface area contributed by atoms with Crippen LogP contribution in [-0.4, -0.2) is 38.3 Å². The molecule has 0 aliphatic carbocycles. The first kappa shape index (κ1) is 20.1. The van der Waals surface area contributed by atoms with Crippen LogP contribution in [-0.2, 0) is 9.59 Å². The molecule has 0 spiro atoms. The van der Waals surface area contributed by atoms with E-state index in [4.69, 9.17) is 0 Å². The SMILES string of the molecule is CCCCN1C(=O)C(=O)/C(=C(\O)c2cccc([N+](=O)[O-])c2)C1c1ccc(O)cc1. The number of unbranched alkanes of at least 4 members (excludes halogenated alkanes) is 1. The highest BCUT2D eigenvalue weighted by Gasteiger charge is 2.45. The second-order valence-corrected chi connectivity index (χ2v) is 6.75. The maximum absolute atomic E-state index is 12.8. The Bertz CT molecular complexity index is 996. The number of nitrogens with zero attached hydrogens (tertiary/aromatic N) is 2. The van der Waals surface area contributed by atoms with E-state index in [1.807, 2.05) is 6.92 Å². The third-order valence-corrected chi connectivity index (χ3v) is 4.83. The molecular weight excluding hydrogens is 376 g/mol. The second-order valence-electron chi connectivity index (χ2n) is 6.75. The third kappa shape index (κ3) is 3.82. The number of aliphatic hydroxyl groups excluding tert-OH is 1. The molecule has 3 rings (SSSR count). The highest BCUT2D eigenvalue weighted by molar-refractivity contribution is 6.46. The van der Waals surface area contributed by atoms with Gasteiger partial charge in [-0.1, -0.05) is 37.6 Å². The van der Waals surface area contributed by atoms with Crippen LogP contribution in [0.2, 0.25) is 0 Å². The van der Waals surface area contributed by atoms with Crippen molar-refractivity contribution in [3.63, 3.8) is 0 Å². The molecule has 0 radical (unpaired) electrons. The number of carbonyl (C=O) groups excluding carboxylic acids is 2. The van der Waals surface area contributed by atoms with Crippen LogP contribution >= 0.6 is 0 Å². The molecular formula is C21H20N2O6. The smallest absolute Gasteiger partial charge is 0.295 e. The van der Waals surface area contributed by atoms with Gasteiger partial charge in [0.15, 0.2) is 0 Å². The maximum Gasteiger partial charge on any atom is 0.295 e. The number of hydrogen-bond acceptors (Lipinski definition) is 6. The number of nitro groups is 1. The van der Waals surface area contributed by atoms with E-state index >= 15 is 0 Å². The third-order valence-electron chi connectivity index (χ3n) is 4.83. The van der Waals surface area contributed by atoms with Crippen LogP contribution < -0.4 is 0 Å². The summed E-state index contributed by atoms with van der Waals surface area (Å²) in [6, 6.07) is 10.4. The van der Waals surface area contributed by atoms with Crippen molar-refractivity contribution in [1.82, 2.24) is 4.90 Å². The molecule has 1 heterocycles. The molecule has 8 heteroatoms. The highest BCUT2D eigenvalue weighted by Crippen LogP contribution is 2.40. The molecule has 1 fully saturated rings. The Morgan fingerprint density at radius 1 is 1.17 bits per heavy atom. The molecule has 0 bridgehead atoms. The predicted molar refractivity (Wildman–Crippen MR) is 105 cm³/mol. The van der Waals surface area contributed by atoms with Crippen LogP contribution in [0.4, 0.5) is 5.69 Å². The number of non-ortho nitro benzene ring substituents is 1. The van der Waals surface area contributed by atoms with Crippen molar-refractivity contribution in [2.24, 2.45) is 0 Å². The van der Waals surface area contributed by atoms with Crippen molar-refractivity contribution >= 4 is 23.1 Å². The molecule has 1 saturated heterocycles. The summed E-state index contributed by atoms with van der Waals surface area (Å²) in [6.07, 6.45) is 1.47. The molecule has 150 valence electrons. The van der Waals surface area contributed by atoms with E-state index < -0.39 is 28.4 Å². The lowest BCUT2D eigenvalue weighted by Crippen LogP contribution is -2.30. The molecule has 1 unspecified atom stereocenters. The number of phenols is 1. The summed E-state index contributed by atoms with van der Waals surface area (Å²) in [5, 5.41) is 31.5. The van der Waals surface area contributed by atoms with E-state index in [9.17, 15) is 29.9 Å². The van der Waals surface area contributed by atoms with Crippen LogP contribution in [0.1, 0.15) is 36.9 Å². The van der Waals surface area contributed by atoms with Crippen LogP contribution in [0.15, 0.2) is 54.1 Å². The van der Waals surface area contributed by atoms with Crippen LogP contribution in [0.25, 0.3) is 5.76 Å². The Labute approximate surface area is 166 Å². The summed E-state index contributed by atoms with van der Waals surface area (Å²) in [4.78, 5) is 37.3. The maximum atomic E-state index is 12.8. The van der Waals surface area contributed by atoms with E-state index in [0.29, 0.717) is 18.5 Å². The Hall–Kier alpha value is -3.68. The average Bonchev–Trinajstić information content (AvgIpc) is 2.97. The van der Waals surface area contributed by atoms with Crippen molar-refractivity contribution in [3.8, 4) is 5.75 Å². The van der Waals surface area contributed by atoms with Gasteiger partial charge in [-0.2, -0.15) is 0 Å². The lowest BCUT2D eigenvalue weighted by atomic mass is 9.95. The van der Waals surface area contributed by atoms with Gasteiger partial charge in [-0.25, -0.2) is 0 Å². The van der Waals surface area contributed by atoms with Crippen molar-refractivity contribution < 1.29 is 24.7 Å². The number of amides is 1. The number of benzene rings is 2. The van der Waals surface area contributed by atoms with E-state index in [1.165, 1.54) is 35.2 Å². The highest BCUT2D eigenvalue weighted by atomic mass is 16.6. The minimum atomic E-state index is -0.846. The summed E-state index contributed by atoms with van der Waals surface area (Å²) in [7, 11) is 0. The fraction of sp³-hybridized carbons (Fsp3) is 0.238. The molecule has 8 nitrogen and oxygen atoms in total. The van der Waals surface area contributed by atoms with E-state index in [0.717, 1.165) is 12.5 Å². The van der Waals surface area contributed by atoms with Gasteiger partial charge in [0.1, 0.15) is 11.5 Å². The lowest BCUT2D eigenvalue weighted by molar-refractivity contribution is -0.384. The fourth-order valence-corrected chi connectivity index (χ4v) is 3.36. The van der Waals surface area contributed by atoms with E-state index in [2.05, 4.69) is 0 Å². The Morgan fingerprint density at radius 2 is 1.86 bits per heavy atom. The number of ketones is 1. The van der Waals surface area contributed by atoms with Crippen molar-refractivity contribution in [1.29, 1.82) is 0 Å². The standard InChI is InChI=1S/C21H20N2O6/c1-2-3-11-22-18(13-7-9-16(24)10-8-13)17(20(26)21(22)27)19(25)14-5-4-6-15(12-14)23(28)29/h4-10,12,18,24-25H,2-3,11H2,1H3/b19-17-. The van der Waals surface area contributed by atoms with Gasteiger partial charge in [-0.3, -0.25) is 19.7 Å². The Balaban J connectivity index is 2.17. The van der Waals surface area contributed by atoms with Gasteiger partial charge in [0.25, 0.3) is 17.4 Å². The van der Waals surface area contributed by atoms with Crippen molar-refractivity contribution in [2.75, 3.05) is 6.54 Å². The first-order chi connectivity index (χ1) is 13.8. The van der Waals surface area contributed by atoms with Crippen LogP contribution in [0, 0.1) is 10.1 Å². The minimum Gasteiger partial charge on any atom is -0.508 e. The van der Waals surface area contributed by atoms with Gasteiger partial charge < -0.3 is 15.1 Å². The summed E-state index contributed by atoms with van der Waals surface area (Å²) in [5.41, 5.74) is 0.259. The van der Waals surface area contributed by atoms with Crippen molar-refractivity contribution in [3.05, 3.63) is 75.3 Å². The predicted octanol–water partition coefficient (Wildman–Crippen LogP) is 3.52. The fourth-order valence-electron chi connectivity index (χ4n) is 3.36. The minimum absolute atomic E-state index is 0.0259. The molecule has 1 atom stereocenters. The number of aromatic hydroxyl groups is 1. The molecule has 29 heavy (non-hydrogen) atoms. The lowest BCUT2D eigenvalue weighted by Gasteiger charge is -2.25.